The van der Waals surface area contributed by atoms with E-state index in [2.05, 4.69) is 6.92 Å². The summed E-state index contributed by atoms with van der Waals surface area (Å²) < 4.78 is 5.23. The second-order valence-corrected chi connectivity index (χ2v) is 5.37. The number of ether oxygens (including phenoxy) is 1. The average molecular weight is 238 g/mol. The molecule has 0 N–H and O–H groups in total. The normalized spacial score (nSPS) is 26.5. The van der Waals surface area contributed by atoms with Gasteiger partial charge in [0.15, 0.2) is 0 Å². The third kappa shape index (κ3) is 3.18. The van der Waals surface area contributed by atoms with Crippen LogP contribution in [0.4, 0.5) is 0 Å². The fourth-order valence-electron chi connectivity index (χ4n) is 2.17. The van der Waals surface area contributed by atoms with Crippen molar-refractivity contribution >= 4 is 12.3 Å². The summed E-state index contributed by atoms with van der Waals surface area (Å²) in [5.41, 5.74) is 0.611. The van der Waals surface area contributed by atoms with Crippen LogP contribution in [0.25, 0.3) is 0 Å². The molecule has 0 radical (unpaired) electrons. The van der Waals surface area contributed by atoms with Crippen LogP contribution < -0.4 is 0 Å². The summed E-state index contributed by atoms with van der Waals surface area (Å²) >= 11 is 0. The monoisotopic (exact) mass is 238 g/mol. The Bertz CT molecular complexity index is 328. The lowest BCUT2D eigenvalue weighted by Crippen LogP contribution is -2.11. The van der Waals surface area contributed by atoms with E-state index in [1.807, 2.05) is 19.9 Å². The van der Waals surface area contributed by atoms with Crippen molar-refractivity contribution in [3.8, 4) is 0 Å². The first-order valence-corrected chi connectivity index (χ1v) is 6.25. The quantitative estimate of drug-likeness (QED) is 0.309. The van der Waals surface area contributed by atoms with Gasteiger partial charge in [0.05, 0.1) is 12.5 Å². The summed E-state index contributed by atoms with van der Waals surface area (Å²) in [4.78, 5) is 22.4. The molecule has 0 spiro atoms. The van der Waals surface area contributed by atoms with Crippen LogP contribution in [-0.4, -0.2) is 18.9 Å². The fourth-order valence-corrected chi connectivity index (χ4v) is 2.17. The molecule has 1 aliphatic carbocycles. The number of aldehydes is 1. The number of carbonyl (C=O) groups is 2. The Hall–Kier alpha value is -1.12. The zero-order chi connectivity index (χ0) is 13.1. The molecule has 0 amide bonds. The third-order valence-corrected chi connectivity index (χ3v) is 3.54. The van der Waals surface area contributed by atoms with E-state index in [1.165, 1.54) is 0 Å². The van der Waals surface area contributed by atoms with Crippen molar-refractivity contribution in [3.05, 3.63) is 11.6 Å². The van der Waals surface area contributed by atoms with Crippen LogP contribution in [0, 0.1) is 17.3 Å². The van der Waals surface area contributed by atoms with E-state index >= 15 is 0 Å². The first kappa shape index (κ1) is 13.9. The molecule has 1 aliphatic rings. The van der Waals surface area contributed by atoms with Gasteiger partial charge < -0.3 is 4.74 Å². The zero-order valence-electron chi connectivity index (χ0n) is 11.2. The van der Waals surface area contributed by atoms with Gasteiger partial charge in [-0.3, -0.25) is 9.59 Å². The Morgan fingerprint density at radius 1 is 1.41 bits per heavy atom. The lowest BCUT2D eigenvalue weighted by Gasteiger charge is -2.04. The first-order chi connectivity index (χ1) is 7.95. The summed E-state index contributed by atoms with van der Waals surface area (Å²) in [6.07, 6.45) is 4.65. The topological polar surface area (TPSA) is 43.4 Å². The minimum absolute atomic E-state index is 0.0758. The number of hydrogen-bond acceptors (Lipinski definition) is 3. The SMILES string of the molecule is CCCCOC(=O)C1C(/C=C(\C)C=O)C1(C)C. The van der Waals surface area contributed by atoms with Gasteiger partial charge in [-0.1, -0.05) is 33.3 Å². The van der Waals surface area contributed by atoms with Crippen LogP contribution in [0.2, 0.25) is 0 Å². The lowest BCUT2D eigenvalue weighted by molar-refractivity contribution is -0.146. The first-order valence-electron chi connectivity index (χ1n) is 6.25. The van der Waals surface area contributed by atoms with Crippen LogP contribution in [0.5, 0.6) is 0 Å². The smallest absolute Gasteiger partial charge is 0.310 e. The van der Waals surface area contributed by atoms with Crippen LogP contribution in [0.15, 0.2) is 11.6 Å². The van der Waals surface area contributed by atoms with Gasteiger partial charge in [0.1, 0.15) is 6.29 Å². The van der Waals surface area contributed by atoms with E-state index in [0.717, 1.165) is 19.1 Å². The molecule has 0 bridgehead atoms. The van der Waals surface area contributed by atoms with Gasteiger partial charge in [-0.15, -0.1) is 0 Å². The predicted molar refractivity (Wildman–Crippen MR) is 66.4 cm³/mol. The molecular formula is C14H22O3. The summed E-state index contributed by atoms with van der Waals surface area (Å²) in [7, 11) is 0. The summed E-state index contributed by atoms with van der Waals surface area (Å²) in [6, 6.07) is 0. The molecule has 3 nitrogen and oxygen atoms in total. The van der Waals surface area contributed by atoms with Gasteiger partial charge in [0.2, 0.25) is 0 Å². The molecule has 2 unspecified atom stereocenters. The minimum Gasteiger partial charge on any atom is -0.465 e. The van der Waals surface area contributed by atoms with Gasteiger partial charge in [0, 0.05) is 0 Å². The summed E-state index contributed by atoms with van der Waals surface area (Å²) in [6.45, 7) is 8.41. The molecule has 1 saturated carbocycles. The number of rotatable bonds is 6. The van der Waals surface area contributed by atoms with Crippen LogP contribution in [0.1, 0.15) is 40.5 Å². The standard InChI is InChI=1S/C14H22O3/c1-5-6-7-17-13(16)12-11(14(12,3)4)8-10(2)9-15/h8-9,11-12H,5-7H2,1-4H3/b10-8+. The molecule has 17 heavy (non-hydrogen) atoms. The van der Waals surface area contributed by atoms with E-state index in [1.54, 1.807) is 6.92 Å². The van der Waals surface area contributed by atoms with Gasteiger partial charge in [-0.25, -0.2) is 0 Å². The Morgan fingerprint density at radius 2 is 2.06 bits per heavy atom. The molecule has 0 aromatic rings. The van der Waals surface area contributed by atoms with E-state index in [0.29, 0.717) is 12.2 Å². The van der Waals surface area contributed by atoms with Gasteiger partial charge in [-0.05, 0) is 30.3 Å². The molecule has 0 aromatic heterocycles. The molecule has 0 aliphatic heterocycles. The molecule has 96 valence electrons. The van der Waals surface area contributed by atoms with Crippen LogP contribution >= 0.6 is 0 Å². The van der Waals surface area contributed by atoms with Gasteiger partial charge in [-0.2, -0.15) is 0 Å². The van der Waals surface area contributed by atoms with E-state index < -0.39 is 0 Å². The van der Waals surface area contributed by atoms with Crippen molar-refractivity contribution in [1.82, 2.24) is 0 Å². The summed E-state index contributed by atoms with van der Waals surface area (Å²) in [5.74, 6) is -0.0699. The number of unbranched alkanes of at least 4 members (excludes halogenated alkanes) is 1. The highest BCUT2D eigenvalue weighted by molar-refractivity contribution is 5.79. The Labute approximate surface area is 103 Å². The zero-order valence-corrected chi connectivity index (χ0v) is 11.2. The number of allylic oxidation sites excluding steroid dienone is 2. The van der Waals surface area contributed by atoms with Gasteiger partial charge >= 0.3 is 5.97 Å². The van der Waals surface area contributed by atoms with Crippen LogP contribution in [-0.2, 0) is 14.3 Å². The Kier molecular flexibility index (Phi) is 4.49. The second-order valence-electron chi connectivity index (χ2n) is 5.37. The summed E-state index contributed by atoms with van der Waals surface area (Å²) in [5, 5.41) is 0. The molecule has 3 heteroatoms. The lowest BCUT2D eigenvalue weighted by atomic mass is 10.1. The molecule has 1 fully saturated rings. The fraction of sp³-hybridized carbons (Fsp3) is 0.714. The van der Waals surface area contributed by atoms with Crippen molar-refractivity contribution in [3.63, 3.8) is 0 Å². The third-order valence-electron chi connectivity index (χ3n) is 3.54. The van der Waals surface area contributed by atoms with Crippen molar-refractivity contribution in [2.24, 2.45) is 17.3 Å². The number of hydrogen-bond donors (Lipinski definition) is 0. The van der Waals surface area contributed by atoms with Crippen molar-refractivity contribution in [1.29, 1.82) is 0 Å². The average Bonchev–Trinajstić information content (AvgIpc) is 2.80. The molecule has 1 rings (SSSR count). The highest BCUT2D eigenvalue weighted by Crippen LogP contribution is 2.59. The van der Waals surface area contributed by atoms with E-state index in [9.17, 15) is 9.59 Å². The van der Waals surface area contributed by atoms with Crippen molar-refractivity contribution < 1.29 is 14.3 Å². The molecular weight excluding hydrogens is 216 g/mol. The molecule has 0 aromatic carbocycles. The Morgan fingerprint density at radius 3 is 2.59 bits per heavy atom. The maximum atomic E-state index is 11.8. The van der Waals surface area contributed by atoms with Crippen LogP contribution in [0.3, 0.4) is 0 Å². The molecule has 0 saturated heterocycles. The second kappa shape index (κ2) is 5.48. The molecule has 2 atom stereocenters. The van der Waals surface area contributed by atoms with E-state index in [4.69, 9.17) is 4.74 Å². The number of esters is 1. The minimum atomic E-state index is -0.122. The highest BCUT2D eigenvalue weighted by atomic mass is 16.5. The Balaban J connectivity index is 2.55. The highest BCUT2D eigenvalue weighted by Gasteiger charge is 2.61. The van der Waals surface area contributed by atoms with Crippen molar-refractivity contribution in [2.45, 2.75) is 40.5 Å². The number of carbonyl (C=O) groups excluding carboxylic acids is 2. The van der Waals surface area contributed by atoms with Crippen molar-refractivity contribution in [2.75, 3.05) is 6.61 Å². The largest absolute Gasteiger partial charge is 0.465 e. The predicted octanol–water partition coefficient (Wildman–Crippen LogP) is 2.75. The maximum absolute atomic E-state index is 11.8. The maximum Gasteiger partial charge on any atom is 0.310 e. The molecule has 0 heterocycles. The van der Waals surface area contributed by atoms with Gasteiger partial charge in [0.25, 0.3) is 0 Å². The van der Waals surface area contributed by atoms with E-state index in [-0.39, 0.29) is 23.2 Å².